The van der Waals surface area contributed by atoms with Crippen LogP contribution in [-0.4, -0.2) is 19.9 Å². The first-order valence-corrected chi connectivity index (χ1v) is 9.30. The average molecular weight is 331 g/mol. The lowest BCUT2D eigenvalue weighted by Gasteiger charge is -2.05. The molecule has 2 rings (SSSR count). The van der Waals surface area contributed by atoms with E-state index in [1.807, 2.05) is 12.3 Å². The van der Waals surface area contributed by atoms with E-state index in [-0.39, 0.29) is 0 Å². The summed E-state index contributed by atoms with van der Waals surface area (Å²) >= 11 is 2.99. The van der Waals surface area contributed by atoms with Gasteiger partial charge >= 0.3 is 0 Å². The number of aromatic nitrogens is 1. The highest BCUT2D eigenvalue weighted by atomic mass is 32.2. The lowest BCUT2D eigenvalue weighted by atomic mass is 10.3. The van der Waals surface area contributed by atoms with Crippen molar-refractivity contribution in [3.63, 3.8) is 0 Å². The van der Waals surface area contributed by atoms with Crippen molar-refractivity contribution in [3.05, 3.63) is 31.9 Å². The maximum atomic E-state index is 12.2. The fourth-order valence-electron chi connectivity index (χ4n) is 1.81. The van der Waals surface area contributed by atoms with Crippen molar-refractivity contribution >= 4 is 32.7 Å². The molecule has 20 heavy (non-hydrogen) atoms. The van der Waals surface area contributed by atoms with Crippen LogP contribution in [0.25, 0.3) is 0 Å². The molecular weight excluding hydrogens is 314 g/mol. The molecule has 0 spiro atoms. The number of nitrogens with two attached hydrogens (primary N) is 1. The van der Waals surface area contributed by atoms with E-state index in [2.05, 4.69) is 9.71 Å². The zero-order valence-corrected chi connectivity index (χ0v) is 13.8. The van der Waals surface area contributed by atoms with E-state index >= 15 is 0 Å². The lowest BCUT2D eigenvalue weighted by Crippen LogP contribution is -2.26. The van der Waals surface area contributed by atoms with E-state index in [0.29, 0.717) is 24.4 Å². The van der Waals surface area contributed by atoms with Gasteiger partial charge in [-0.1, -0.05) is 0 Å². The molecule has 0 atom stereocenters. The van der Waals surface area contributed by atoms with Gasteiger partial charge in [0.1, 0.15) is 0 Å². The summed E-state index contributed by atoms with van der Waals surface area (Å²) < 4.78 is 27.0. The van der Waals surface area contributed by atoms with Crippen molar-refractivity contribution in [1.29, 1.82) is 0 Å². The summed E-state index contributed by atoms with van der Waals surface area (Å²) in [6.45, 7) is 4.43. The lowest BCUT2D eigenvalue weighted by molar-refractivity contribution is 0.581. The van der Waals surface area contributed by atoms with Crippen molar-refractivity contribution in [2.45, 2.75) is 31.7 Å². The molecule has 8 heteroatoms. The first-order chi connectivity index (χ1) is 9.42. The largest absolute Gasteiger partial charge is 0.326 e. The van der Waals surface area contributed by atoms with Gasteiger partial charge in [0.15, 0.2) is 0 Å². The Morgan fingerprint density at radius 3 is 2.70 bits per heavy atom. The number of nitrogens with zero attached hydrogens (tertiary/aromatic N) is 1. The maximum Gasteiger partial charge on any atom is 0.241 e. The average Bonchev–Trinajstić information content (AvgIpc) is 2.95. The van der Waals surface area contributed by atoms with E-state index in [9.17, 15) is 8.42 Å². The topological polar surface area (TPSA) is 85.1 Å². The van der Waals surface area contributed by atoms with Crippen LogP contribution in [0, 0.1) is 13.8 Å². The van der Waals surface area contributed by atoms with Crippen molar-refractivity contribution in [1.82, 2.24) is 9.71 Å². The number of thiophene rings is 1. The molecule has 0 bridgehead atoms. The van der Waals surface area contributed by atoms with Gasteiger partial charge in [0.2, 0.25) is 10.0 Å². The Balaban J connectivity index is 2.01. The number of sulfonamides is 1. The fourth-order valence-corrected chi connectivity index (χ4v) is 5.00. The molecule has 0 amide bonds. The van der Waals surface area contributed by atoms with E-state index in [1.165, 1.54) is 11.3 Å². The van der Waals surface area contributed by atoms with Crippen LogP contribution in [0.15, 0.2) is 16.3 Å². The van der Waals surface area contributed by atoms with Gasteiger partial charge in [0, 0.05) is 34.6 Å². The molecule has 2 aromatic heterocycles. The molecule has 0 aromatic carbocycles. The minimum absolute atomic E-state index is 0.331. The first-order valence-electron chi connectivity index (χ1n) is 6.12. The van der Waals surface area contributed by atoms with Crippen LogP contribution in [0.2, 0.25) is 0 Å². The van der Waals surface area contributed by atoms with Crippen LogP contribution in [0.4, 0.5) is 0 Å². The molecule has 2 heterocycles. The molecule has 0 aliphatic carbocycles. The molecule has 2 aromatic rings. The van der Waals surface area contributed by atoms with Gasteiger partial charge in [-0.25, -0.2) is 18.1 Å². The van der Waals surface area contributed by atoms with Crippen LogP contribution < -0.4 is 10.5 Å². The van der Waals surface area contributed by atoms with Crippen molar-refractivity contribution in [3.8, 4) is 0 Å². The third kappa shape index (κ3) is 3.64. The van der Waals surface area contributed by atoms with E-state index < -0.39 is 10.0 Å². The van der Waals surface area contributed by atoms with Gasteiger partial charge in [-0.15, -0.1) is 22.7 Å². The second-order valence-electron chi connectivity index (χ2n) is 4.34. The second-order valence-corrected chi connectivity index (χ2v) is 8.48. The van der Waals surface area contributed by atoms with E-state index in [0.717, 1.165) is 20.5 Å². The third-order valence-electron chi connectivity index (χ3n) is 2.75. The zero-order chi connectivity index (χ0) is 14.8. The number of hydrogen-bond acceptors (Lipinski definition) is 6. The summed E-state index contributed by atoms with van der Waals surface area (Å²) in [4.78, 5) is 6.28. The molecule has 110 valence electrons. The summed E-state index contributed by atoms with van der Waals surface area (Å²) in [5.41, 5.74) is 6.46. The van der Waals surface area contributed by atoms with Gasteiger partial charge < -0.3 is 5.73 Å². The molecule has 0 saturated heterocycles. The SMILES string of the molecule is Cc1nc(CCNS(=O)(=O)c2cc(CN)sc2C)cs1. The molecule has 3 N–H and O–H groups in total. The minimum Gasteiger partial charge on any atom is -0.326 e. The summed E-state index contributed by atoms with van der Waals surface area (Å²) in [6.07, 6.45) is 0.594. The molecule has 0 radical (unpaired) electrons. The van der Waals surface area contributed by atoms with Crippen LogP contribution in [0.1, 0.15) is 20.5 Å². The number of aryl methyl sites for hydroxylation is 2. The fraction of sp³-hybridized carbons (Fsp3) is 0.417. The third-order valence-corrected chi connectivity index (χ3v) is 6.37. The van der Waals surface area contributed by atoms with Gasteiger partial charge in [-0.05, 0) is 19.9 Å². The smallest absolute Gasteiger partial charge is 0.241 e. The van der Waals surface area contributed by atoms with Crippen molar-refractivity contribution in [2.24, 2.45) is 5.73 Å². The second kappa shape index (κ2) is 6.31. The zero-order valence-electron chi connectivity index (χ0n) is 11.3. The molecule has 0 unspecified atom stereocenters. The van der Waals surface area contributed by atoms with Crippen LogP contribution in [0.5, 0.6) is 0 Å². The Kier molecular flexibility index (Phi) is 4.92. The number of rotatable bonds is 6. The summed E-state index contributed by atoms with van der Waals surface area (Å²) in [5.74, 6) is 0. The Morgan fingerprint density at radius 1 is 1.40 bits per heavy atom. The van der Waals surface area contributed by atoms with Crippen molar-refractivity contribution < 1.29 is 8.42 Å². The Hall–Kier alpha value is -0.800. The van der Waals surface area contributed by atoms with Gasteiger partial charge in [-0.3, -0.25) is 0 Å². The van der Waals surface area contributed by atoms with E-state index in [1.54, 1.807) is 24.3 Å². The van der Waals surface area contributed by atoms with Crippen LogP contribution in [0.3, 0.4) is 0 Å². The Labute approximate surface area is 126 Å². The predicted molar refractivity (Wildman–Crippen MR) is 82.7 cm³/mol. The molecule has 0 aliphatic rings. The summed E-state index contributed by atoms with van der Waals surface area (Å²) in [7, 11) is -3.46. The van der Waals surface area contributed by atoms with Gasteiger partial charge in [0.05, 0.1) is 15.6 Å². The highest BCUT2D eigenvalue weighted by Gasteiger charge is 2.19. The molecule has 0 fully saturated rings. The number of nitrogens with one attached hydrogen (secondary N) is 1. The standard InChI is InChI=1S/C12H17N3O2S3/c1-8-12(5-11(6-13)19-8)20(16,17)14-4-3-10-7-18-9(2)15-10/h5,7,14H,3-4,6,13H2,1-2H3. The van der Waals surface area contributed by atoms with Crippen molar-refractivity contribution in [2.75, 3.05) is 6.54 Å². The highest BCUT2D eigenvalue weighted by molar-refractivity contribution is 7.89. The predicted octanol–water partition coefficient (Wildman–Crippen LogP) is 1.80. The Morgan fingerprint density at radius 2 is 2.15 bits per heavy atom. The quantitative estimate of drug-likeness (QED) is 0.845. The number of hydrogen-bond donors (Lipinski definition) is 2. The summed E-state index contributed by atoms with van der Waals surface area (Å²) in [6, 6.07) is 1.65. The van der Waals surface area contributed by atoms with Gasteiger partial charge in [-0.2, -0.15) is 0 Å². The van der Waals surface area contributed by atoms with E-state index in [4.69, 9.17) is 5.73 Å². The van der Waals surface area contributed by atoms with Crippen LogP contribution >= 0.6 is 22.7 Å². The molecule has 0 saturated carbocycles. The normalized spacial score (nSPS) is 11.9. The number of thiazole rings is 1. The highest BCUT2D eigenvalue weighted by Crippen LogP contribution is 2.25. The Bertz CT molecular complexity index is 689. The van der Waals surface area contributed by atoms with Gasteiger partial charge in [0.25, 0.3) is 0 Å². The minimum atomic E-state index is -3.46. The summed E-state index contributed by atoms with van der Waals surface area (Å²) in [5, 5.41) is 2.94. The monoisotopic (exact) mass is 331 g/mol. The molecular formula is C12H17N3O2S3. The molecule has 5 nitrogen and oxygen atoms in total. The molecule has 0 aliphatic heterocycles. The van der Waals surface area contributed by atoms with Crippen LogP contribution in [-0.2, 0) is 23.0 Å². The first kappa shape index (κ1) is 15.6. The maximum absolute atomic E-state index is 12.2.